The SMILES string of the molecule is CC(C)(CO)c1cc(F)cc(Br)c1OC1CC1. The monoisotopic (exact) mass is 302 g/mol. The number of hydrogen-bond donors (Lipinski definition) is 1. The van der Waals surface area contributed by atoms with Crippen LogP contribution in [0.1, 0.15) is 32.3 Å². The second kappa shape index (κ2) is 4.58. The van der Waals surface area contributed by atoms with Crippen molar-refractivity contribution in [3.05, 3.63) is 28.0 Å². The van der Waals surface area contributed by atoms with Gasteiger partial charge < -0.3 is 9.84 Å². The maximum atomic E-state index is 13.5. The number of aliphatic hydroxyl groups is 1. The van der Waals surface area contributed by atoms with Crippen molar-refractivity contribution in [1.82, 2.24) is 0 Å². The van der Waals surface area contributed by atoms with Crippen molar-refractivity contribution in [3.63, 3.8) is 0 Å². The van der Waals surface area contributed by atoms with Crippen molar-refractivity contribution in [2.24, 2.45) is 0 Å². The Hall–Kier alpha value is -0.610. The number of aliphatic hydroxyl groups excluding tert-OH is 1. The van der Waals surface area contributed by atoms with E-state index in [-0.39, 0.29) is 18.5 Å². The van der Waals surface area contributed by atoms with Crippen LogP contribution in [0.5, 0.6) is 5.75 Å². The van der Waals surface area contributed by atoms with Gasteiger partial charge in [0.1, 0.15) is 11.6 Å². The van der Waals surface area contributed by atoms with Crippen LogP contribution in [-0.4, -0.2) is 17.8 Å². The van der Waals surface area contributed by atoms with Crippen molar-refractivity contribution >= 4 is 15.9 Å². The molecule has 1 saturated carbocycles. The lowest BCUT2D eigenvalue weighted by atomic mass is 9.85. The van der Waals surface area contributed by atoms with Crippen LogP contribution in [0.3, 0.4) is 0 Å². The van der Waals surface area contributed by atoms with Gasteiger partial charge in [0, 0.05) is 11.0 Å². The van der Waals surface area contributed by atoms with E-state index in [1.807, 2.05) is 13.8 Å². The van der Waals surface area contributed by atoms with Gasteiger partial charge in [-0.15, -0.1) is 0 Å². The zero-order valence-corrected chi connectivity index (χ0v) is 11.6. The van der Waals surface area contributed by atoms with E-state index in [1.165, 1.54) is 12.1 Å². The molecule has 0 spiro atoms. The Morgan fingerprint density at radius 2 is 2.12 bits per heavy atom. The van der Waals surface area contributed by atoms with Gasteiger partial charge in [-0.25, -0.2) is 4.39 Å². The molecule has 2 nitrogen and oxygen atoms in total. The smallest absolute Gasteiger partial charge is 0.137 e. The predicted octanol–water partition coefficient (Wildman–Crippen LogP) is 3.40. The standard InChI is InChI=1S/C13H16BrFO2/c1-13(2,7-16)10-5-8(15)6-11(14)12(10)17-9-3-4-9/h5-6,9,16H,3-4,7H2,1-2H3. The molecule has 0 aromatic heterocycles. The Morgan fingerprint density at radius 1 is 1.47 bits per heavy atom. The van der Waals surface area contributed by atoms with E-state index in [9.17, 15) is 9.50 Å². The minimum atomic E-state index is -0.519. The van der Waals surface area contributed by atoms with Gasteiger partial charge >= 0.3 is 0 Å². The van der Waals surface area contributed by atoms with Gasteiger partial charge in [-0.1, -0.05) is 13.8 Å². The molecule has 0 heterocycles. The van der Waals surface area contributed by atoms with Crippen molar-refractivity contribution in [2.45, 2.75) is 38.2 Å². The number of benzene rings is 1. The molecule has 1 N–H and O–H groups in total. The lowest BCUT2D eigenvalue weighted by Gasteiger charge is -2.26. The first-order valence-electron chi connectivity index (χ1n) is 5.71. The maximum absolute atomic E-state index is 13.5. The fourth-order valence-corrected chi connectivity index (χ4v) is 2.15. The van der Waals surface area contributed by atoms with Crippen molar-refractivity contribution in [1.29, 1.82) is 0 Å². The molecule has 94 valence electrons. The van der Waals surface area contributed by atoms with Gasteiger partial charge in [-0.3, -0.25) is 0 Å². The first-order valence-corrected chi connectivity index (χ1v) is 6.50. The molecule has 0 bridgehead atoms. The van der Waals surface area contributed by atoms with Crippen LogP contribution < -0.4 is 4.74 Å². The summed E-state index contributed by atoms with van der Waals surface area (Å²) in [5.41, 5.74) is 0.188. The Morgan fingerprint density at radius 3 is 2.65 bits per heavy atom. The Balaban J connectivity index is 2.45. The highest BCUT2D eigenvalue weighted by Gasteiger charge is 2.30. The molecule has 0 aliphatic heterocycles. The lowest BCUT2D eigenvalue weighted by Crippen LogP contribution is -2.23. The van der Waals surface area contributed by atoms with Crippen LogP contribution in [0.2, 0.25) is 0 Å². The summed E-state index contributed by atoms with van der Waals surface area (Å²) >= 11 is 3.33. The van der Waals surface area contributed by atoms with Gasteiger partial charge in [0.05, 0.1) is 17.2 Å². The van der Waals surface area contributed by atoms with E-state index < -0.39 is 5.41 Å². The molecule has 0 saturated heterocycles. The quantitative estimate of drug-likeness (QED) is 0.924. The van der Waals surface area contributed by atoms with Gasteiger partial charge in [0.2, 0.25) is 0 Å². The molecule has 2 rings (SSSR count). The topological polar surface area (TPSA) is 29.5 Å². The first kappa shape index (κ1) is 12.8. The van der Waals surface area contributed by atoms with Crippen molar-refractivity contribution < 1.29 is 14.2 Å². The molecule has 1 aliphatic rings. The van der Waals surface area contributed by atoms with Crippen LogP contribution in [0, 0.1) is 5.82 Å². The van der Waals surface area contributed by atoms with Gasteiger partial charge in [0.25, 0.3) is 0 Å². The van der Waals surface area contributed by atoms with E-state index in [4.69, 9.17) is 4.74 Å². The normalized spacial score (nSPS) is 16.1. The summed E-state index contributed by atoms with van der Waals surface area (Å²) in [7, 11) is 0. The average molecular weight is 303 g/mol. The summed E-state index contributed by atoms with van der Waals surface area (Å²) in [6, 6.07) is 2.84. The molecular formula is C13H16BrFO2. The molecule has 1 aliphatic carbocycles. The van der Waals surface area contributed by atoms with Crippen LogP contribution >= 0.6 is 15.9 Å². The maximum Gasteiger partial charge on any atom is 0.137 e. The molecule has 0 radical (unpaired) electrons. The summed E-state index contributed by atoms with van der Waals surface area (Å²) < 4.78 is 19.9. The predicted molar refractivity (Wildman–Crippen MR) is 67.9 cm³/mol. The Kier molecular flexibility index (Phi) is 3.46. The summed E-state index contributed by atoms with van der Waals surface area (Å²) in [6.07, 6.45) is 2.33. The van der Waals surface area contributed by atoms with Crippen LogP contribution in [0.15, 0.2) is 16.6 Å². The summed E-state index contributed by atoms with van der Waals surface area (Å²) in [6.45, 7) is 3.69. The van der Waals surface area contributed by atoms with E-state index in [0.717, 1.165) is 12.8 Å². The van der Waals surface area contributed by atoms with Gasteiger partial charge in [0.15, 0.2) is 0 Å². The minimum Gasteiger partial charge on any atom is -0.489 e. The van der Waals surface area contributed by atoms with Crippen molar-refractivity contribution in [2.75, 3.05) is 6.61 Å². The largest absolute Gasteiger partial charge is 0.489 e. The average Bonchev–Trinajstić information content (AvgIpc) is 3.05. The second-order valence-corrected chi connectivity index (χ2v) is 5.98. The molecule has 1 aromatic rings. The molecule has 0 amide bonds. The highest BCUT2D eigenvalue weighted by molar-refractivity contribution is 9.10. The summed E-state index contributed by atoms with van der Waals surface area (Å²) in [5, 5.41) is 9.41. The molecule has 1 aromatic carbocycles. The van der Waals surface area contributed by atoms with E-state index >= 15 is 0 Å². The number of ether oxygens (including phenoxy) is 1. The molecule has 1 fully saturated rings. The zero-order valence-electron chi connectivity index (χ0n) is 9.96. The third-order valence-electron chi connectivity index (χ3n) is 2.94. The summed E-state index contributed by atoms with van der Waals surface area (Å²) in [5.74, 6) is 0.337. The fourth-order valence-electron chi connectivity index (χ4n) is 1.62. The Labute approximate surface area is 109 Å². The van der Waals surface area contributed by atoms with Gasteiger partial charge in [-0.2, -0.15) is 0 Å². The fraction of sp³-hybridized carbons (Fsp3) is 0.538. The van der Waals surface area contributed by atoms with E-state index in [1.54, 1.807) is 0 Å². The lowest BCUT2D eigenvalue weighted by molar-refractivity contribution is 0.210. The first-order chi connectivity index (χ1) is 7.94. The second-order valence-electron chi connectivity index (χ2n) is 5.12. The third kappa shape index (κ3) is 2.80. The molecule has 17 heavy (non-hydrogen) atoms. The number of hydrogen-bond acceptors (Lipinski definition) is 2. The van der Waals surface area contributed by atoms with Gasteiger partial charge in [-0.05, 0) is 40.9 Å². The highest BCUT2D eigenvalue weighted by atomic mass is 79.9. The zero-order chi connectivity index (χ0) is 12.6. The molecular weight excluding hydrogens is 287 g/mol. The molecule has 0 atom stereocenters. The van der Waals surface area contributed by atoms with Crippen LogP contribution in [0.4, 0.5) is 4.39 Å². The molecule has 0 unspecified atom stereocenters. The third-order valence-corrected chi connectivity index (χ3v) is 3.53. The van der Waals surface area contributed by atoms with Crippen LogP contribution in [0.25, 0.3) is 0 Å². The minimum absolute atomic E-state index is 0.0517. The van der Waals surface area contributed by atoms with Crippen LogP contribution in [-0.2, 0) is 5.41 Å². The van der Waals surface area contributed by atoms with E-state index in [0.29, 0.717) is 15.8 Å². The van der Waals surface area contributed by atoms with Crippen molar-refractivity contribution in [3.8, 4) is 5.75 Å². The van der Waals surface area contributed by atoms with E-state index in [2.05, 4.69) is 15.9 Å². The highest BCUT2D eigenvalue weighted by Crippen LogP contribution is 2.40. The molecule has 4 heteroatoms. The summed E-state index contributed by atoms with van der Waals surface area (Å²) in [4.78, 5) is 0. The number of halogens is 2. The Bertz CT molecular complexity index is 428. The number of rotatable bonds is 4.